The third-order valence-electron chi connectivity index (χ3n) is 6.26. The van der Waals surface area contributed by atoms with Crippen LogP contribution in [-0.4, -0.2) is 35.1 Å². The minimum atomic E-state index is -0.782. The molecule has 1 spiro atoms. The van der Waals surface area contributed by atoms with Gasteiger partial charge in [-0.1, -0.05) is 54.1 Å². The molecule has 6 heteroatoms. The molecule has 1 saturated heterocycles. The second-order valence-electron chi connectivity index (χ2n) is 8.41. The molecule has 0 unspecified atom stereocenters. The van der Waals surface area contributed by atoms with Crippen LogP contribution in [0.4, 0.5) is 5.69 Å². The lowest BCUT2D eigenvalue weighted by atomic mass is 9.86. The third-order valence-corrected chi connectivity index (χ3v) is 7.17. The van der Waals surface area contributed by atoms with E-state index in [1.807, 2.05) is 30.3 Å². The number of aliphatic imine (C=N–C) groups is 1. The highest BCUT2D eigenvalue weighted by atomic mass is 127. The molecule has 2 aliphatic heterocycles. The average molecular weight is 556 g/mol. The van der Waals surface area contributed by atoms with Crippen molar-refractivity contribution in [2.75, 3.05) is 18.4 Å². The van der Waals surface area contributed by atoms with Gasteiger partial charge in [-0.05, 0) is 71.3 Å². The smallest absolute Gasteiger partial charge is 0.252 e. The summed E-state index contributed by atoms with van der Waals surface area (Å²) in [6.07, 6.45) is 1.36. The molecule has 0 aliphatic carbocycles. The zero-order valence-corrected chi connectivity index (χ0v) is 20.4. The Hall–Kier alpha value is -2.22. The molecule has 5 rings (SSSR count). The van der Waals surface area contributed by atoms with Gasteiger partial charge in [0, 0.05) is 39.4 Å². The largest absolute Gasteiger partial charge is 0.323 e. The van der Waals surface area contributed by atoms with E-state index in [-0.39, 0.29) is 5.91 Å². The Labute approximate surface area is 206 Å². The molecule has 0 radical (unpaired) electrons. The van der Waals surface area contributed by atoms with Crippen LogP contribution in [-0.2, 0) is 11.3 Å². The molecule has 4 nitrogen and oxygen atoms in total. The molecule has 0 bridgehead atoms. The Morgan fingerprint density at radius 1 is 1.00 bits per heavy atom. The van der Waals surface area contributed by atoms with E-state index in [0.717, 1.165) is 45.7 Å². The number of carbonyl (C=O) groups is 1. The molecule has 1 N–H and O–H groups in total. The van der Waals surface area contributed by atoms with Crippen molar-refractivity contribution in [3.63, 3.8) is 0 Å². The topological polar surface area (TPSA) is 44.7 Å². The van der Waals surface area contributed by atoms with Crippen LogP contribution in [0.15, 0.2) is 77.8 Å². The number of amides is 1. The predicted octanol–water partition coefficient (Wildman–Crippen LogP) is 5.77. The summed E-state index contributed by atoms with van der Waals surface area (Å²) in [4.78, 5) is 21.1. The van der Waals surface area contributed by atoms with Gasteiger partial charge in [0.1, 0.15) is 5.54 Å². The lowest BCUT2D eigenvalue weighted by Gasteiger charge is -2.37. The van der Waals surface area contributed by atoms with Crippen LogP contribution < -0.4 is 5.32 Å². The number of halogens is 2. The van der Waals surface area contributed by atoms with Gasteiger partial charge in [0.05, 0.1) is 11.4 Å². The Bertz CT molecular complexity index is 1190. The zero-order chi connectivity index (χ0) is 22.1. The number of nitrogens with one attached hydrogen (secondary N) is 1. The molecule has 3 aromatic rings. The first-order valence-corrected chi connectivity index (χ1v) is 12.2. The molecule has 0 atom stereocenters. The summed E-state index contributed by atoms with van der Waals surface area (Å²) < 4.78 is 1.13. The minimum Gasteiger partial charge on any atom is -0.323 e. The van der Waals surface area contributed by atoms with Crippen LogP contribution in [0.25, 0.3) is 0 Å². The quantitative estimate of drug-likeness (QED) is 0.417. The van der Waals surface area contributed by atoms with Crippen molar-refractivity contribution in [1.29, 1.82) is 0 Å². The highest BCUT2D eigenvalue weighted by molar-refractivity contribution is 14.1. The second-order valence-corrected chi connectivity index (χ2v) is 10.1. The second kappa shape index (κ2) is 8.96. The maximum absolute atomic E-state index is 13.5. The Kier molecular flexibility index (Phi) is 6.05. The number of hydrogen-bond acceptors (Lipinski definition) is 3. The summed E-state index contributed by atoms with van der Waals surface area (Å²) in [5.41, 5.74) is 3.98. The van der Waals surface area contributed by atoms with Gasteiger partial charge in [0.25, 0.3) is 5.91 Å². The number of anilines is 1. The molecule has 2 aliphatic rings. The summed E-state index contributed by atoms with van der Waals surface area (Å²) in [6, 6.07) is 24.3. The summed E-state index contributed by atoms with van der Waals surface area (Å²) >= 11 is 8.66. The Morgan fingerprint density at radius 2 is 1.78 bits per heavy atom. The standard InChI is InChI=1S/C26H23ClIN3O/c27-20-9-10-23-22(16-20)24(19-7-4-8-21(28)15-19)30-26(25(32)29-23)11-13-31(14-12-26)17-18-5-2-1-3-6-18/h1-10,15-16H,11-14,17H2,(H,29,32). The molecule has 1 fully saturated rings. The first-order chi connectivity index (χ1) is 15.5. The van der Waals surface area contributed by atoms with Gasteiger partial charge in [-0.15, -0.1) is 0 Å². The summed E-state index contributed by atoms with van der Waals surface area (Å²) in [6.45, 7) is 2.53. The van der Waals surface area contributed by atoms with Crippen LogP contribution in [0.3, 0.4) is 0 Å². The predicted molar refractivity (Wildman–Crippen MR) is 139 cm³/mol. The van der Waals surface area contributed by atoms with Crippen LogP contribution in [0.1, 0.15) is 29.5 Å². The van der Waals surface area contributed by atoms with Crippen molar-refractivity contribution in [3.8, 4) is 0 Å². The normalized spacial score (nSPS) is 17.9. The molecule has 1 amide bonds. The average Bonchev–Trinajstić information content (AvgIpc) is 2.91. The third kappa shape index (κ3) is 4.34. The van der Waals surface area contributed by atoms with Crippen molar-refractivity contribution in [2.45, 2.75) is 24.9 Å². The fraction of sp³-hybridized carbons (Fsp3) is 0.231. The number of hydrogen-bond donors (Lipinski definition) is 1. The van der Waals surface area contributed by atoms with Crippen molar-refractivity contribution in [3.05, 3.63) is 98.1 Å². The summed E-state index contributed by atoms with van der Waals surface area (Å²) in [5, 5.41) is 3.79. The molecular weight excluding hydrogens is 533 g/mol. The van der Waals surface area contributed by atoms with Crippen molar-refractivity contribution in [2.24, 2.45) is 4.99 Å². The molecule has 3 aromatic carbocycles. The van der Waals surface area contributed by atoms with E-state index in [9.17, 15) is 4.79 Å². The number of likely N-dealkylation sites (tertiary alicyclic amines) is 1. The number of carbonyl (C=O) groups excluding carboxylic acids is 1. The van der Waals surface area contributed by atoms with Gasteiger partial charge in [0.2, 0.25) is 0 Å². The van der Waals surface area contributed by atoms with Crippen molar-refractivity contribution < 1.29 is 4.79 Å². The van der Waals surface area contributed by atoms with E-state index >= 15 is 0 Å². The molecular formula is C26H23ClIN3O. The Morgan fingerprint density at radius 3 is 2.53 bits per heavy atom. The lowest BCUT2D eigenvalue weighted by Crippen LogP contribution is -2.50. The Balaban J connectivity index is 1.51. The maximum atomic E-state index is 13.5. The number of piperidine rings is 1. The maximum Gasteiger partial charge on any atom is 0.252 e. The zero-order valence-electron chi connectivity index (χ0n) is 17.5. The van der Waals surface area contributed by atoms with E-state index in [2.05, 4.69) is 75.3 Å². The van der Waals surface area contributed by atoms with Crippen molar-refractivity contribution in [1.82, 2.24) is 4.90 Å². The molecule has 0 saturated carbocycles. The van der Waals surface area contributed by atoms with Gasteiger partial charge in [-0.2, -0.15) is 0 Å². The van der Waals surface area contributed by atoms with Crippen LogP contribution >= 0.6 is 34.2 Å². The first-order valence-electron chi connectivity index (χ1n) is 10.8. The van der Waals surface area contributed by atoms with Gasteiger partial charge >= 0.3 is 0 Å². The molecule has 162 valence electrons. The van der Waals surface area contributed by atoms with Crippen molar-refractivity contribution >= 4 is 51.5 Å². The molecule has 2 heterocycles. The monoisotopic (exact) mass is 555 g/mol. The van der Waals surface area contributed by atoms with E-state index in [1.165, 1.54) is 5.56 Å². The molecule has 32 heavy (non-hydrogen) atoms. The van der Waals surface area contributed by atoms with Crippen LogP contribution in [0, 0.1) is 3.57 Å². The highest BCUT2D eigenvalue weighted by Crippen LogP contribution is 2.36. The van der Waals surface area contributed by atoms with Gasteiger partial charge in [0.15, 0.2) is 0 Å². The summed E-state index contributed by atoms with van der Waals surface area (Å²) in [5.74, 6) is -0.0268. The fourth-order valence-electron chi connectivity index (χ4n) is 4.50. The first kappa shape index (κ1) is 21.6. The van der Waals surface area contributed by atoms with Crippen LogP contribution in [0.2, 0.25) is 5.02 Å². The number of benzene rings is 3. The number of nitrogens with zero attached hydrogens (tertiary/aromatic N) is 2. The van der Waals surface area contributed by atoms with Gasteiger partial charge in [-0.25, -0.2) is 0 Å². The number of fused-ring (bicyclic) bond motifs is 1. The highest BCUT2D eigenvalue weighted by Gasteiger charge is 2.43. The van der Waals surface area contributed by atoms with E-state index < -0.39 is 5.54 Å². The number of rotatable bonds is 3. The van der Waals surface area contributed by atoms with E-state index in [0.29, 0.717) is 17.9 Å². The summed E-state index contributed by atoms with van der Waals surface area (Å²) in [7, 11) is 0. The van der Waals surface area contributed by atoms with E-state index in [4.69, 9.17) is 16.6 Å². The molecule has 0 aromatic heterocycles. The van der Waals surface area contributed by atoms with Gasteiger partial charge in [-0.3, -0.25) is 14.7 Å². The fourth-order valence-corrected chi connectivity index (χ4v) is 5.22. The van der Waals surface area contributed by atoms with E-state index in [1.54, 1.807) is 0 Å². The van der Waals surface area contributed by atoms with Crippen LogP contribution in [0.5, 0.6) is 0 Å². The minimum absolute atomic E-state index is 0.0268. The lowest BCUT2D eigenvalue weighted by molar-refractivity contribution is -0.122. The van der Waals surface area contributed by atoms with Gasteiger partial charge < -0.3 is 5.32 Å². The SMILES string of the molecule is O=C1Nc2ccc(Cl)cc2C(c2cccc(I)c2)=NC12CCN(Cc1ccccc1)CC2.